The normalized spacial score (nSPS) is 16.5. The van der Waals surface area contributed by atoms with Crippen LogP contribution in [0.2, 0.25) is 5.02 Å². The predicted molar refractivity (Wildman–Crippen MR) is 102 cm³/mol. The summed E-state index contributed by atoms with van der Waals surface area (Å²) in [5.41, 5.74) is 6.90. The highest BCUT2D eigenvalue weighted by Crippen LogP contribution is 2.19. The summed E-state index contributed by atoms with van der Waals surface area (Å²) in [6.45, 7) is 3.49. The molecule has 0 unspecified atom stereocenters. The smallest absolute Gasteiger partial charge is 0.257 e. The second-order valence-corrected chi connectivity index (χ2v) is 6.46. The molecule has 6 heteroatoms. The number of nitrogens with two attached hydrogens (primary N) is 1. The van der Waals surface area contributed by atoms with Gasteiger partial charge in [0.1, 0.15) is 5.82 Å². The number of carbonyl (C=O) groups is 1. The van der Waals surface area contributed by atoms with E-state index in [9.17, 15) is 9.18 Å². The average Bonchev–Trinajstić information content (AvgIpc) is 2.56. The first kappa shape index (κ1) is 19.2. The standard InChI is InChI=1S/C13H10ClFN2O.C6H13N/c14-12-6-8(15)4-5-11(12)13(18)17-10-3-1-2-9(16)7-10;1-6-4-2-3-5-7-6/h1-7H,16H2,(H,17,18);6-7H,2-5H2,1H3/t;6-/m.0/s1. The van der Waals surface area contributed by atoms with E-state index in [0.29, 0.717) is 11.4 Å². The van der Waals surface area contributed by atoms with Gasteiger partial charge < -0.3 is 16.4 Å². The van der Waals surface area contributed by atoms with E-state index in [0.717, 1.165) is 12.1 Å². The van der Waals surface area contributed by atoms with Crippen LogP contribution >= 0.6 is 11.6 Å². The van der Waals surface area contributed by atoms with Gasteiger partial charge in [0, 0.05) is 17.4 Å². The van der Waals surface area contributed by atoms with Crippen molar-refractivity contribution in [3.63, 3.8) is 0 Å². The average molecular weight is 364 g/mol. The fourth-order valence-electron chi connectivity index (χ4n) is 2.51. The van der Waals surface area contributed by atoms with E-state index in [2.05, 4.69) is 17.6 Å². The molecule has 4 N–H and O–H groups in total. The summed E-state index contributed by atoms with van der Waals surface area (Å²) in [7, 11) is 0. The second-order valence-electron chi connectivity index (χ2n) is 6.05. The largest absolute Gasteiger partial charge is 0.399 e. The molecule has 4 nitrogen and oxygen atoms in total. The first-order valence-electron chi connectivity index (χ1n) is 8.31. The molecule has 0 aromatic heterocycles. The van der Waals surface area contributed by atoms with E-state index < -0.39 is 11.7 Å². The summed E-state index contributed by atoms with van der Waals surface area (Å²) < 4.78 is 12.9. The Morgan fingerprint density at radius 3 is 2.64 bits per heavy atom. The van der Waals surface area contributed by atoms with Crippen molar-refractivity contribution in [1.29, 1.82) is 0 Å². The predicted octanol–water partition coefficient (Wildman–Crippen LogP) is 4.46. The summed E-state index contributed by atoms with van der Waals surface area (Å²) in [5, 5.41) is 6.08. The minimum absolute atomic E-state index is 0.0661. The lowest BCUT2D eigenvalue weighted by Crippen LogP contribution is -2.30. The molecule has 25 heavy (non-hydrogen) atoms. The highest BCUT2D eigenvalue weighted by molar-refractivity contribution is 6.34. The maximum absolute atomic E-state index is 12.9. The third kappa shape index (κ3) is 6.36. The quantitative estimate of drug-likeness (QED) is 0.690. The second kappa shape index (κ2) is 9.39. The van der Waals surface area contributed by atoms with Gasteiger partial charge in [-0.05, 0) is 62.7 Å². The molecule has 1 aliphatic rings. The van der Waals surface area contributed by atoms with Crippen molar-refractivity contribution in [2.45, 2.75) is 32.2 Å². The van der Waals surface area contributed by atoms with Crippen LogP contribution in [0.25, 0.3) is 0 Å². The molecule has 1 amide bonds. The molecule has 1 heterocycles. The van der Waals surface area contributed by atoms with E-state index in [1.165, 1.54) is 37.9 Å². The molecule has 0 spiro atoms. The van der Waals surface area contributed by atoms with Crippen LogP contribution in [0.5, 0.6) is 0 Å². The molecule has 1 fully saturated rings. The molecule has 0 saturated carbocycles. The van der Waals surface area contributed by atoms with Crippen molar-refractivity contribution >= 4 is 28.9 Å². The molecular formula is C19H23ClFN3O. The highest BCUT2D eigenvalue weighted by Gasteiger charge is 2.11. The number of nitrogen functional groups attached to an aromatic ring is 1. The van der Waals surface area contributed by atoms with Gasteiger partial charge in [0.05, 0.1) is 10.6 Å². The summed E-state index contributed by atoms with van der Waals surface area (Å²) >= 11 is 5.80. The van der Waals surface area contributed by atoms with Crippen molar-refractivity contribution in [2.75, 3.05) is 17.6 Å². The lowest BCUT2D eigenvalue weighted by molar-refractivity contribution is 0.102. The number of rotatable bonds is 2. The van der Waals surface area contributed by atoms with Gasteiger partial charge in [0.25, 0.3) is 5.91 Å². The van der Waals surface area contributed by atoms with Gasteiger partial charge in [0.2, 0.25) is 0 Å². The molecule has 1 aliphatic heterocycles. The number of amides is 1. The Balaban J connectivity index is 0.000000269. The number of carbonyl (C=O) groups excluding carboxylic acids is 1. The van der Waals surface area contributed by atoms with Crippen molar-refractivity contribution in [3.8, 4) is 0 Å². The zero-order chi connectivity index (χ0) is 18.2. The van der Waals surface area contributed by atoms with E-state index in [4.69, 9.17) is 17.3 Å². The number of hydrogen-bond acceptors (Lipinski definition) is 3. The lowest BCUT2D eigenvalue weighted by atomic mass is 10.1. The molecule has 2 aromatic carbocycles. The molecule has 1 atom stereocenters. The number of anilines is 2. The topological polar surface area (TPSA) is 67.2 Å². The fourth-order valence-corrected chi connectivity index (χ4v) is 2.77. The SMILES string of the molecule is C[C@H]1CCCCN1.Nc1cccc(NC(=O)c2ccc(F)cc2Cl)c1. The van der Waals surface area contributed by atoms with Gasteiger partial charge >= 0.3 is 0 Å². The maximum atomic E-state index is 12.9. The van der Waals surface area contributed by atoms with Crippen molar-refractivity contribution in [3.05, 3.63) is 58.9 Å². The monoisotopic (exact) mass is 363 g/mol. The van der Waals surface area contributed by atoms with Crippen LogP contribution in [-0.2, 0) is 0 Å². The molecule has 2 aromatic rings. The van der Waals surface area contributed by atoms with Gasteiger partial charge in [-0.25, -0.2) is 4.39 Å². The number of benzene rings is 2. The van der Waals surface area contributed by atoms with E-state index >= 15 is 0 Å². The summed E-state index contributed by atoms with van der Waals surface area (Å²) in [5.74, 6) is -0.897. The van der Waals surface area contributed by atoms with Crippen molar-refractivity contribution in [1.82, 2.24) is 5.32 Å². The number of hydrogen-bond donors (Lipinski definition) is 3. The first-order valence-corrected chi connectivity index (χ1v) is 8.69. The molecule has 0 aliphatic carbocycles. The van der Waals surface area contributed by atoms with Gasteiger partial charge in [-0.15, -0.1) is 0 Å². The summed E-state index contributed by atoms with van der Waals surface area (Å²) in [6.07, 6.45) is 4.18. The van der Waals surface area contributed by atoms with Crippen LogP contribution in [0.1, 0.15) is 36.5 Å². The number of piperidine rings is 1. The Hall–Kier alpha value is -2.11. The Bertz CT molecular complexity index is 718. The van der Waals surface area contributed by atoms with Crippen molar-refractivity contribution in [2.24, 2.45) is 0 Å². The Kier molecular flexibility index (Phi) is 7.22. The van der Waals surface area contributed by atoms with Gasteiger partial charge in [-0.2, -0.15) is 0 Å². The molecule has 1 saturated heterocycles. The Labute approximate surface area is 152 Å². The van der Waals surface area contributed by atoms with Crippen LogP contribution in [-0.4, -0.2) is 18.5 Å². The Morgan fingerprint density at radius 1 is 1.28 bits per heavy atom. The molecular weight excluding hydrogens is 341 g/mol. The van der Waals surface area contributed by atoms with Crippen LogP contribution in [0.15, 0.2) is 42.5 Å². The molecule has 3 rings (SSSR count). The number of halogens is 2. The van der Waals surface area contributed by atoms with Crippen LogP contribution < -0.4 is 16.4 Å². The maximum Gasteiger partial charge on any atom is 0.257 e. The van der Waals surface area contributed by atoms with Crippen LogP contribution in [0.4, 0.5) is 15.8 Å². The summed E-state index contributed by atoms with van der Waals surface area (Å²) in [6, 6.07) is 11.1. The lowest BCUT2D eigenvalue weighted by Gasteiger charge is -2.18. The minimum Gasteiger partial charge on any atom is -0.399 e. The van der Waals surface area contributed by atoms with E-state index in [1.807, 2.05) is 0 Å². The molecule has 0 bridgehead atoms. The Morgan fingerprint density at radius 2 is 2.08 bits per heavy atom. The molecule has 134 valence electrons. The minimum atomic E-state index is -0.486. The van der Waals surface area contributed by atoms with Crippen molar-refractivity contribution < 1.29 is 9.18 Å². The van der Waals surface area contributed by atoms with E-state index in [1.54, 1.807) is 24.3 Å². The fraction of sp³-hybridized carbons (Fsp3) is 0.316. The van der Waals surface area contributed by atoms with Gasteiger partial charge in [-0.3, -0.25) is 4.79 Å². The summed E-state index contributed by atoms with van der Waals surface area (Å²) in [4.78, 5) is 11.9. The zero-order valence-corrected chi connectivity index (χ0v) is 14.9. The van der Waals surface area contributed by atoms with Gasteiger partial charge in [-0.1, -0.05) is 24.1 Å². The van der Waals surface area contributed by atoms with E-state index in [-0.39, 0.29) is 10.6 Å². The third-order valence-corrected chi connectivity index (χ3v) is 4.19. The highest BCUT2D eigenvalue weighted by atomic mass is 35.5. The third-order valence-electron chi connectivity index (χ3n) is 3.88. The number of nitrogens with one attached hydrogen (secondary N) is 2. The van der Waals surface area contributed by atoms with Gasteiger partial charge in [0.15, 0.2) is 0 Å². The molecule has 0 radical (unpaired) electrons. The zero-order valence-electron chi connectivity index (χ0n) is 14.2. The van der Waals surface area contributed by atoms with Crippen LogP contribution in [0, 0.1) is 5.82 Å². The first-order chi connectivity index (χ1) is 12.0. The van der Waals surface area contributed by atoms with Crippen LogP contribution in [0.3, 0.4) is 0 Å².